The van der Waals surface area contributed by atoms with Crippen LogP contribution >= 0.6 is 39.1 Å². The van der Waals surface area contributed by atoms with Gasteiger partial charge in [0.05, 0.1) is 4.60 Å². The highest BCUT2D eigenvalue weighted by Crippen LogP contribution is 2.34. The summed E-state index contributed by atoms with van der Waals surface area (Å²) in [5.74, 6) is 0. The molecule has 0 aromatic carbocycles. The second-order valence-electron chi connectivity index (χ2n) is 2.12. The number of sulfone groups is 1. The molecule has 0 radical (unpaired) electrons. The fourth-order valence-corrected chi connectivity index (χ4v) is 2.35. The lowest BCUT2D eigenvalue weighted by molar-refractivity contribution is 0.467. The lowest BCUT2D eigenvalue weighted by atomic mass is 10.7. The van der Waals surface area contributed by atoms with E-state index in [1.54, 1.807) is 0 Å². The van der Waals surface area contributed by atoms with Crippen LogP contribution in [0.3, 0.4) is 0 Å². The summed E-state index contributed by atoms with van der Waals surface area (Å²) in [5.41, 5.74) is 0. The number of aromatic nitrogens is 1. The van der Waals surface area contributed by atoms with E-state index in [1.165, 1.54) is 6.07 Å². The highest BCUT2D eigenvalue weighted by Gasteiger charge is 2.42. The van der Waals surface area contributed by atoms with Crippen molar-refractivity contribution in [1.82, 2.24) is 4.98 Å². The smallest absolute Gasteiger partial charge is 0.340 e. The molecule has 0 saturated carbocycles. The van der Waals surface area contributed by atoms with E-state index in [9.17, 15) is 12.8 Å². The Morgan fingerprint density at radius 2 is 2.00 bits per heavy atom. The first-order valence-corrected chi connectivity index (χ1v) is 5.94. The molecule has 3 nitrogen and oxygen atoms in total. The van der Waals surface area contributed by atoms with Crippen LogP contribution in [-0.2, 0) is 9.84 Å². The van der Waals surface area contributed by atoms with Crippen LogP contribution < -0.4 is 0 Å². The van der Waals surface area contributed by atoms with Gasteiger partial charge in [-0.1, -0.05) is 0 Å². The molecule has 1 aromatic heterocycles. The predicted molar refractivity (Wildman–Crippen MR) is 51.2 cm³/mol. The van der Waals surface area contributed by atoms with Crippen molar-refractivity contribution in [2.75, 3.05) is 0 Å². The molecule has 0 atom stereocenters. The van der Waals surface area contributed by atoms with Crippen molar-refractivity contribution in [1.29, 1.82) is 0 Å². The number of hydrogen-bond donors (Lipinski definition) is 1. The van der Waals surface area contributed by atoms with Gasteiger partial charge < -0.3 is 4.98 Å². The molecular formula is C5H3BrCl2FNO2S. The molecule has 1 heterocycles. The maximum absolute atomic E-state index is 12.8. The topological polar surface area (TPSA) is 49.9 Å². The van der Waals surface area contributed by atoms with E-state index in [0.29, 0.717) is 4.60 Å². The van der Waals surface area contributed by atoms with Crippen LogP contribution in [0.5, 0.6) is 0 Å². The zero-order valence-electron chi connectivity index (χ0n) is 5.89. The first-order chi connectivity index (χ1) is 5.75. The zero-order chi connectivity index (χ0) is 10.3. The standard InChI is InChI=1S/C5H3BrCl2FNO2S/c6-3-1-2-4(10-3)13(11,12)5(7,8)9/h1-2,10H. The maximum Gasteiger partial charge on any atom is 0.363 e. The van der Waals surface area contributed by atoms with Gasteiger partial charge in [-0.2, -0.15) is 4.39 Å². The van der Waals surface area contributed by atoms with Crippen molar-refractivity contribution in [2.24, 2.45) is 0 Å². The second-order valence-corrected chi connectivity index (χ2v) is 6.67. The molecule has 13 heavy (non-hydrogen) atoms. The van der Waals surface area contributed by atoms with Crippen molar-refractivity contribution in [3.05, 3.63) is 16.7 Å². The number of H-pyrrole nitrogens is 1. The minimum absolute atomic E-state index is 0.383. The van der Waals surface area contributed by atoms with Crippen LogP contribution in [-0.4, -0.2) is 17.3 Å². The summed E-state index contributed by atoms with van der Waals surface area (Å²) >= 11 is 12.7. The third kappa shape index (κ3) is 2.18. The lowest BCUT2D eigenvalue weighted by Crippen LogP contribution is -2.21. The highest BCUT2D eigenvalue weighted by molar-refractivity contribution is 9.10. The lowest BCUT2D eigenvalue weighted by Gasteiger charge is -2.08. The third-order valence-electron chi connectivity index (χ3n) is 1.22. The fourth-order valence-electron chi connectivity index (χ4n) is 0.631. The minimum Gasteiger partial charge on any atom is -0.340 e. The van der Waals surface area contributed by atoms with Gasteiger partial charge in [0.25, 0.3) is 9.84 Å². The Bertz CT molecular complexity index is 410. The molecule has 0 bridgehead atoms. The molecule has 0 aliphatic heterocycles. The number of halogens is 4. The predicted octanol–water partition coefficient (Wildman–Crippen LogP) is 2.61. The van der Waals surface area contributed by atoms with E-state index < -0.39 is 13.8 Å². The Labute approximate surface area is 92.3 Å². The largest absolute Gasteiger partial charge is 0.363 e. The summed E-state index contributed by atoms with van der Waals surface area (Å²) in [4.78, 5) is 2.34. The van der Waals surface area contributed by atoms with Crippen LogP contribution in [0.1, 0.15) is 0 Å². The maximum atomic E-state index is 12.8. The number of aromatic amines is 1. The molecule has 0 aliphatic rings. The number of hydrogen-bond acceptors (Lipinski definition) is 2. The van der Waals surface area contributed by atoms with Gasteiger partial charge in [0.2, 0.25) is 0 Å². The molecule has 0 fully saturated rings. The van der Waals surface area contributed by atoms with Crippen molar-refractivity contribution in [3.8, 4) is 0 Å². The number of nitrogens with one attached hydrogen (secondary N) is 1. The summed E-state index contributed by atoms with van der Waals surface area (Å²) in [6.07, 6.45) is 0. The molecule has 0 aliphatic carbocycles. The van der Waals surface area contributed by atoms with E-state index in [0.717, 1.165) is 6.07 Å². The molecule has 8 heteroatoms. The molecule has 0 unspecified atom stereocenters. The fraction of sp³-hybridized carbons (Fsp3) is 0.200. The third-order valence-corrected chi connectivity index (χ3v) is 4.33. The Kier molecular flexibility index (Phi) is 2.97. The second kappa shape index (κ2) is 3.42. The van der Waals surface area contributed by atoms with Gasteiger partial charge in [0.1, 0.15) is 5.03 Å². The van der Waals surface area contributed by atoms with E-state index >= 15 is 0 Å². The van der Waals surface area contributed by atoms with E-state index in [-0.39, 0.29) is 5.03 Å². The molecule has 1 N–H and O–H groups in total. The molecule has 1 aromatic rings. The van der Waals surface area contributed by atoms with Crippen molar-refractivity contribution in [3.63, 3.8) is 0 Å². The summed E-state index contributed by atoms with van der Waals surface area (Å²) in [6, 6.07) is 2.55. The minimum atomic E-state index is -4.38. The van der Waals surface area contributed by atoms with Gasteiger partial charge in [-0.3, -0.25) is 0 Å². The molecule has 0 saturated heterocycles. The van der Waals surface area contributed by atoms with Gasteiger partial charge in [-0.05, 0) is 51.3 Å². The number of alkyl halides is 3. The molecule has 0 amide bonds. The van der Waals surface area contributed by atoms with Crippen LogP contribution in [0.25, 0.3) is 0 Å². The van der Waals surface area contributed by atoms with E-state index in [2.05, 4.69) is 20.9 Å². The van der Waals surface area contributed by atoms with Crippen LogP contribution in [0.4, 0.5) is 4.39 Å². The van der Waals surface area contributed by atoms with Gasteiger partial charge in [-0.25, -0.2) is 8.42 Å². The first kappa shape index (κ1) is 11.3. The van der Waals surface area contributed by atoms with Crippen molar-refractivity contribution >= 4 is 49.0 Å². The van der Waals surface area contributed by atoms with Crippen molar-refractivity contribution < 1.29 is 12.8 Å². The quantitative estimate of drug-likeness (QED) is 0.854. The average molecular weight is 311 g/mol. The highest BCUT2D eigenvalue weighted by atomic mass is 79.9. The Hall–Kier alpha value is 0.220. The van der Waals surface area contributed by atoms with Crippen LogP contribution in [0.15, 0.2) is 21.8 Å². The summed E-state index contributed by atoms with van der Waals surface area (Å²) in [7, 11) is -4.38. The van der Waals surface area contributed by atoms with Gasteiger partial charge in [0, 0.05) is 0 Å². The Morgan fingerprint density at radius 3 is 2.31 bits per heavy atom. The summed E-state index contributed by atoms with van der Waals surface area (Å²) in [5, 5.41) is -0.383. The molecular weight excluding hydrogens is 308 g/mol. The monoisotopic (exact) mass is 309 g/mol. The molecule has 1 rings (SSSR count). The number of rotatable bonds is 2. The van der Waals surface area contributed by atoms with Gasteiger partial charge in [0.15, 0.2) is 0 Å². The summed E-state index contributed by atoms with van der Waals surface area (Å²) in [6.45, 7) is 0. The Balaban J connectivity index is 3.24. The van der Waals surface area contributed by atoms with Gasteiger partial charge >= 0.3 is 3.92 Å². The average Bonchev–Trinajstić information content (AvgIpc) is 2.33. The summed E-state index contributed by atoms with van der Waals surface area (Å²) < 4.78 is 32.2. The van der Waals surface area contributed by atoms with E-state index in [1.807, 2.05) is 0 Å². The van der Waals surface area contributed by atoms with E-state index in [4.69, 9.17) is 23.2 Å². The van der Waals surface area contributed by atoms with Crippen LogP contribution in [0.2, 0.25) is 0 Å². The SMILES string of the molecule is O=S(=O)(c1ccc(Br)[nH]1)C(F)(Cl)Cl. The van der Waals surface area contributed by atoms with Crippen molar-refractivity contribution in [2.45, 2.75) is 8.95 Å². The van der Waals surface area contributed by atoms with Crippen LogP contribution in [0, 0.1) is 0 Å². The molecule has 74 valence electrons. The molecule has 0 spiro atoms. The first-order valence-electron chi connectivity index (χ1n) is 2.91. The van der Waals surface area contributed by atoms with Gasteiger partial charge in [-0.15, -0.1) is 0 Å². The Morgan fingerprint density at radius 1 is 1.46 bits per heavy atom. The normalized spacial score (nSPS) is 13.2. The zero-order valence-corrected chi connectivity index (χ0v) is 9.81.